The molecule has 0 saturated carbocycles. The Balaban J connectivity index is 4.27. The lowest BCUT2D eigenvalue weighted by Crippen LogP contribution is -1.66. The highest BCUT2D eigenvalue weighted by atomic mass is 35.5. The molecule has 0 aromatic heterocycles. The molecule has 0 spiro atoms. The van der Waals surface area contributed by atoms with Crippen LogP contribution in [0.1, 0.15) is 6.92 Å². The van der Waals surface area contributed by atoms with Crippen LogP contribution in [0.25, 0.3) is 0 Å². The van der Waals surface area contributed by atoms with Crippen LogP contribution >= 0.6 is 24.2 Å². The van der Waals surface area contributed by atoms with E-state index in [1.807, 2.05) is 19.1 Å². The molecule has 0 saturated heterocycles. The topological polar surface area (TPSA) is 0 Å². The van der Waals surface area contributed by atoms with Gasteiger partial charge in [-0.2, -0.15) is 0 Å². The van der Waals surface area contributed by atoms with Gasteiger partial charge in [-0.1, -0.05) is 30.3 Å². The molecule has 0 rings (SSSR count). The largest absolute Gasteiger partial charge is 0.142 e. The molecule has 0 bridgehead atoms. The van der Waals surface area contributed by atoms with Crippen LogP contribution in [0.4, 0.5) is 0 Å². The van der Waals surface area contributed by atoms with Gasteiger partial charge in [0, 0.05) is 4.91 Å². The molecule has 0 unspecified atom stereocenters. The predicted octanol–water partition coefficient (Wildman–Crippen LogP) is 3.13. The minimum atomic E-state index is 0.580. The van der Waals surface area contributed by atoms with Gasteiger partial charge in [0.05, 0.1) is 5.03 Å². The molecular weight excluding hydrogens is 152 g/mol. The van der Waals surface area contributed by atoms with Crippen LogP contribution in [-0.2, 0) is 0 Å². The van der Waals surface area contributed by atoms with Gasteiger partial charge < -0.3 is 0 Å². The van der Waals surface area contributed by atoms with Crippen molar-refractivity contribution in [3.8, 4) is 0 Å². The van der Waals surface area contributed by atoms with Gasteiger partial charge in [-0.15, -0.1) is 12.6 Å². The van der Waals surface area contributed by atoms with E-state index in [9.17, 15) is 0 Å². The Morgan fingerprint density at radius 2 is 2.22 bits per heavy atom. The second-order valence-electron chi connectivity index (χ2n) is 1.44. The Kier molecular flexibility index (Phi) is 4.64. The number of halogens is 1. The molecule has 0 N–H and O–H groups in total. The molecule has 0 aromatic rings. The average molecular weight is 161 g/mol. The highest BCUT2D eigenvalue weighted by Gasteiger charge is 1.87. The van der Waals surface area contributed by atoms with E-state index in [0.717, 1.165) is 4.91 Å². The predicted molar refractivity (Wildman–Crippen MR) is 46.9 cm³/mol. The summed E-state index contributed by atoms with van der Waals surface area (Å²) in [6.07, 6.45) is 5.24. The molecule has 0 nitrogen and oxygen atoms in total. The van der Waals surface area contributed by atoms with Crippen molar-refractivity contribution < 1.29 is 0 Å². The van der Waals surface area contributed by atoms with E-state index in [2.05, 4.69) is 19.2 Å². The van der Waals surface area contributed by atoms with Gasteiger partial charge in [0.15, 0.2) is 0 Å². The van der Waals surface area contributed by atoms with Crippen molar-refractivity contribution in [1.82, 2.24) is 0 Å². The Morgan fingerprint density at radius 1 is 1.67 bits per heavy atom. The summed E-state index contributed by atoms with van der Waals surface area (Å²) in [5, 5.41) is 0.580. The monoisotopic (exact) mass is 160 g/mol. The van der Waals surface area contributed by atoms with Crippen LogP contribution in [0.5, 0.6) is 0 Å². The van der Waals surface area contributed by atoms with Gasteiger partial charge in [-0.3, -0.25) is 0 Å². The first kappa shape index (κ1) is 8.86. The molecule has 0 aliphatic rings. The number of hydrogen-bond acceptors (Lipinski definition) is 1. The standard InChI is InChI=1S/C7H9ClS/c1-3-5-7(9)6(8)4-2/h3-5,9H,2H2,1H3/b5-3-,7-6-. The van der Waals surface area contributed by atoms with Gasteiger partial charge in [0.1, 0.15) is 0 Å². The van der Waals surface area contributed by atoms with Gasteiger partial charge in [0.25, 0.3) is 0 Å². The quantitative estimate of drug-likeness (QED) is 0.466. The van der Waals surface area contributed by atoms with E-state index in [0.29, 0.717) is 5.03 Å². The lowest BCUT2D eigenvalue weighted by atomic mass is 10.4. The Hall–Kier alpha value is -0.140. The first-order valence-electron chi connectivity index (χ1n) is 2.56. The third kappa shape index (κ3) is 3.44. The summed E-state index contributed by atoms with van der Waals surface area (Å²) in [6.45, 7) is 5.40. The van der Waals surface area contributed by atoms with Gasteiger partial charge in [-0.05, 0) is 13.0 Å². The fourth-order valence-electron chi connectivity index (χ4n) is 0.342. The zero-order chi connectivity index (χ0) is 7.28. The van der Waals surface area contributed by atoms with Crippen molar-refractivity contribution in [1.29, 1.82) is 0 Å². The maximum atomic E-state index is 5.63. The molecule has 0 amide bonds. The smallest absolute Gasteiger partial charge is 0.0533 e. The third-order valence-corrected chi connectivity index (χ3v) is 1.63. The molecule has 50 valence electrons. The molecule has 0 radical (unpaired) electrons. The van der Waals surface area contributed by atoms with Gasteiger partial charge >= 0.3 is 0 Å². The van der Waals surface area contributed by atoms with Crippen molar-refractivity contribution in [2.24, 2.45) is 0 Å². The number of thiol groups is 1. The maximum absolute atomic E-state index is 5.63. The highest BCUT2D eigenvalue weighted by Crippen LogP contribution is 2.14. The minimum Gasteiger partial charge on any atom is -0.142 e. The van der Waals surface area contributed by atoms with Crippen LogP contribution in [0, 0.1) is 0 Å². The second kappa shape index (κ2) is 4.71. The summed E-state index contributed by atoms with van der Waals surface area (Å²) < 4.78 is 0. The van der Waals surface area contributed by atoms with E-state index < -0.39 is 0 Å². The van der Waals surface area contributed by atoms with Crippen molar-refractivity contribution in [2.75, 3.05) is 0 Å². The molecule has 9 heavy (non-hydrogen) atoms. The molecule has 0 aromatic carbocycles. The number of rotatable bonds is 2. The number of allylic oxidation sites excluding steroid dienone is 4. The van der Waals surface area contributed by atoms with E-state index in [4.69, 9.17) is 11.6 Å². The van der Waals surface area contributed by atoms with Gasteiger partial charge in [-0.25, -0.2) is 0 Å². The highest BCUT2D eigenvalue weighted by molar-refractivity contribution is 7.84. The second-order valence-corrected chi connectivity index (χ2v) is 2.33. The zero-order valence-electron chi connectivity index (χ0n) is 5.26. The molecule has 0 aliphatic carbocycles. The summed E-state index contributed by atoms with van der Waals surface area (Å²) in [7, 11) is 0. The molecule has 0 heterocycles. The third-order valence-electron chi connectivity index (χ3n) is 0.748. The lowest BCUT2D eigenvalue weighted by molar-refractivity contribution is 1.70. The zero-order valence-corrected chi connectivity index (χ0v) is 6.91. The molecule has 0 atom stereocenters. The van der Waals surface area contributed by atoms with E-state index in [-0.39, 0.29) is 0 Å². The van der Waals surface area contributed by atoms with Crippen molar-refractivity contribution in [3.05, 3.63) is 34.7 Å². The van der Waals surface area contributed by atoms with Crippen LogP contribution < -0.4 is 0 Å². The van der Waals surface area contributed by atoms with E-state index in [1.165, 1.54) is 0 Å². The Bertz CT molecular complexity index is 156. The summed E-state index contributed by atoms with van der Waals surface area (Å²) in [4.78, 5) is 0.745. The number of hydrogen-bond donors (Lipinski definition) is 1. The fourth-order valence-corrected chi connectivity index (χ4v) is 0.645. The minimum absolute atomic E-state index is 0.580. The molecule has 0 aliphatic heterocycles. The maximum Gasteiger partial charge on any atom is 0.0533 e. The first-order valence-corrected chi connectivity index (χ1v) is 3.38. The molecular formula is C7H9ClS. The summed E-state index contributed by atoms with van der Waals surface area (Å²) in [5.41, 5.74) is 0. The fraction of sp³-hybridized carbons (Fsp3) is 0.143. The van der Waals surface area contributed by atoms with Crippen molar-refractivity contribution in [2.45, 2.75) is 6.92 Å². The normalized spacial score (nSPS) is 13.7. The lowest BCUT2D eigenvalue weighted by Gasteiger charge is -1.89. The summed E-state index contributed by atoms with van der Waals surface area (Å²) >= 11 is 9.70. The van der Waals surface area contributed by atoms with Crippen LogP contribution in [0.15, 0.2) is 34.7 Å². The summed E-state index contributed by atoms with van der Waals surface area (Å²) in [6, 6.07) is 0. The first-order chi connectivity index (χ1) is 4.22. The van der Waals surface area contributed by atoms with Crippen LogP contribution in [-0.4, -0.2) is 0 Å². The molecule has 0 fully saturated rings. The Morgan fingerprint density at radius 3 is 2.56 bits per heavy atom. The van der Waals surface area contributed by atoms with Crippen molar-refractivity contribution >= 4 is 24.2 Å². The SMILES string of the molecule is C=C/C(Cl)=C(S)\C=C/C. The average Bonchev–Trinajstić information content (AvgIpc) is 1.87. The van der Waals surface area contributed by atoms with Crippen LogP contribution in [0.3, 0.4) is 0 Å². The Labute approximate surface area is 66.3 Å². The van der Waals surface area contributed by atoms with Crippen LogP contribution in [0.2, 0.25) is 0 Å². The van der Waals surface area contributed by atoms with Crippen molar-refractivity contribution in [3.63, 3.8) is 0 Å². The van der Waals surface area contributed by atoms with E-state index >= 15 is 0 Å². The molecule has 2 heteroatoms. The van der Waals surface area contributed by atoms with E-state index in [1.54, 1.807) is 6.08 Å². The summed E-state index contributed by atoms with van der Waals surface area (Å²) in [5.74, 6) is 0. The van der Waals surface area contributed by atoms with Gasteiger partial charge in [0.2, 0.25) is 0 Å².